The molecule has 0 atom stereocenters. The zero-order chi connectivity index (χ0) is 12.8. The van der Waals surface area contributed by atoms with Gasteiger partial charge in [-0.1, -0.05) is 17.9 Å². The minimum absolute atomic E-state index is 0.640. The average molecular weight is 245 g/mol. The molecule has 4 heteroatoms. The molecule has 0 aliphatic carbocycles. The van der Waals surface area contributed by atoms with E-state index in [0.717, 1.165) is 12.3 Å². The number of benzene rings is 1. The Kier molecular flexibility index (Phi) is 4.94. The highest BCUT2D eigenvalue weighted by Gasteiger charge is 2.09. The van der Waals surface area contributed by atoms with Gasteiger partial charge in [0.2, 0.25) is 0 Å². The Morgan fingerprint density at radius 1 is 1.22 bits per heavy atom. The lowest BCUT2D eigenvalue weighted by atomic mass is 9.95. The second-order valence-electron chi connectivity index (χ2n) is 4.65. The third kappa shape index (κ3) is 3.67. The van der Waals surface area contributed by atoms with Gasteiger partial charge in [-0.3, -0.25) is 4.90 Å². The van der Waals surface area contributed by atoms with Crippen molar-refractivity contribution >= 4 is 13.3 Å². The molecule has 1 aromatic rings. The van der Waals surface area contributed by atoms with Gasteiger partial charge in [-0.15, -0.1) is 0 Å². The van der Waals surface area contributed by atoms with Crippen LogP contribution in [-0.4, -0.2) is 46.1 Å². The molecule has 2 rings (SSSR count). The van der Waals surface area contributed by atoms with E-state index < -0.39 is 0 Å². The van der Waals surface area contributed by atoms with Crippen LogP contribution in [0.1, 0.15) is 19.3 Å². The Morgan fingerprint density at radius 2 is 2.00 bits per heavy atom. The highest BCUT2D eigenvalue weighted by Crippen LogP contribution is 2.16. The maximum atomic E-state index is 5.76. The highest BCUT2D eigenvalue weighted by molar-refractivity contribution is 6.34. The summed E-state index contributed by atoms with van der Waals surface area (Å²) in [4.78, 5) is 2.46. The van der Waals surface area contributed by atoms with E-state index in [2.05, 4.69) is 4.90 Å². The van der Waals surface area contributed by atoms with Gasteiger partial charge in [0.25, 0.3) is 0 Å². The van der Waals surface area contributed by atoms with Crippen LogP contribution in [0.4, 0.5) is 0 Å². The molecule has 96 valence electrons. The predicted octanol–water partition coefficient (Wildman–Crippen LogP) is 1.35. The fraction of sp³-hybridized carbons (Fsp3) is 0.571. The summed E-state index contributed by atoms with van der Waals surface area (Å²) in [5, 5.41) is 0. The lowest BCUT2D eigenvalue weighted by molar-refractivity contribution is 0.183. The van der Waals surface area contributed by atoms with Crippen molar-refractivity contribution in [2.75, 3.05) is 33.4 Å². The zero-order valence-electron chi connectivity index (χ0n) is 11.0. The number of methoxy groups -OCH3 is 1. The smallest absolute Gasteiger partial charge is 0.123 e. The predicted molar refractivity (Wildman–Crippen MR) is 74.2 cm³/mol. The number of rotatable bonds is 5. The Morgan fingerprint density at radius 3 is 2.72 bits per heavy atom. The average Bonchev–Trinajstić information content (AvgIpc) is 2.42. The first-order valence-corrected chi connectivity index (χ1v) is 6.58. The molecule has 0 N–H and O–H groups in total. The van der Waals surface area contributed by atoms with Crippen LogP contribution in [0.15, 0.2) is 18.2 Å². The van der Waals surface area contributed by atoms with Gasteiger partial charge >= 0.3 is 0 Å². The first-order chi connectivity index (χ1) is 8.79. The van der Waals surface area contributed by atoms with E-state index in [9.17, 15) is 0 Å². The molecular formula is C14H20BNO2. The van der Waals surface area contributed by atoms with Crippen molar-refractivity contribution in [3.63, 3.8) is 0 Å². The van der Waals surface area contributed by atoms with E-state index in [1.165, 1.54) is 32.4 Å². The molecule has 0 unspecified atom stereocenters. The van der Waals surface area contributed by atoms with Gasteiger partial charge in [0, 0.05) is 12.6 Å². The molecule has 2 radical (unpaired) electrons. The summed E-state index contributed by atoms with van der Waals surface area (Å²) in [6, 6.07) is 5.54. The first kappa shape index (κ1) is 13.3. The molecule has 1 aliphatic rings. The van der Waals surface area contributed by atoms with Crippen molar-refractivity contribution in [1.29, 1.82) is 0 Å². The summed E-state index contributed by atoms with van der Waals surface area (Å²) < 4.78 is 10.9. The third-order valence-corrected chi connectivity index (χ3v) is 3.33. The number of piperidine rings is 1. The molecule has 3 nitrogen and oxygen atoms in total. The van der Waals surface area contributed by atoms with Gasteiger partial charge < -0.3 is 9.47 Å². The van der Waals surface area contributed by atoms with Gasteiger partial charge in [-0.25, -0.2) is 0 Å². The largest absolute Gasteiger partial charge is 0.497 e. The molecule has 0 bridgehead atoms. The molecule has 1 saturated heterocycles. The summed E-state index contributed by atoms with van der Waals surface area (Å²) in [7, 11) is 7.37. The Balaban J connectivity index is 1.79. The Bertz CT molecular complexity index is 378. The molecule has 18 heavy (non-hydrogen) atoms. The van der Waals surface area contributed by atoms with Crippen LogP contribution in [0, 0.1) is 0 Å². The number of hydrogen-bond acceptors (Lipinski definition) is 3. The van der Waals surface area contributed by atoms with E-state index >= 15 is 0 Å². The van der Waals surface area contributed by atoms with Crippen LogP contribution in [0.3, 0.4) is 0 Å². The van der Waals surface area contributed by atoms with Gasteiger partial charge in [-0.2, -0.15) is 0 Å². The van der Waals surface area contributed by atoms with Crippen LogP contribution in [0.25, 0.3) is 0 Å². The highest BCUT2D eigenvalue weighted by atomic mass is 16.5. The Labute approximate surface area is 110 Å². The topological polar surface area (TPSA) is 21.7 Å². The van der Waals surface area contributed by atoms with Crippen molar-refractivity contribution in [2.24, 2.45) is 0 Å². The normalized spacial score (nSPS) is 16.5. The fourth-order valence-corrected chi connectivity index (χ4v) is 2.26. The third-order valence-electron chi connectivity index (χ3n) is 3.33. The second-order valence-corrected chi connectivity index (χ2v) is 4.65. The van der Waals surface area contributed by atoms with E-state index in [0.29, 0.717) is 17.8 Å². The van der Waals surface area contributed by atoms with Crippen LogP contribution in [-0.2, 0) is 0 Å². The molecule has 0 amide bonds. The number of nitrogens with zero attached hydrogens (tertiary/aromatic N) is 1. The monoisotopic (exact) mass is 245 g/mol. The Hall–Kier alpha value is -1.16. The van der Waals surface area contributed by atoms with Crippen molar-refractivity contribution in [1.82, 2.24) is 4.90 Å². The number of hydrogen-bond donors (Lipinski definition) is 0. The summed E-state index contributed by atoms with van der Waals surface area (Å²) in [6.07, 6.45) is 4.00. The van der Waals surface area contributed by atoms with Crippen LogP contribution in [0.2, 0.25) is 0 Å². The minimum Gasteiger partial charge on any atom is -0.497 e. The zero-order valence-corrected chi connectivity index (χ0v) is 11.0. The molecular weight excluding hydrogens is 225 g/mol. The molecule has 1 fully saturated rings. The maximum Gasteiger partial charge on any atom is 0.123 e. The van der Waals surface area contributed by atoms with E-state index in [1.807, 2.05) is 18.2 Å². The van der Waals surface area contributed by atoms with Crippen molar-refractivity contribution < 1.29 is 9.47 Å². The van der Waals surface area contributed by atoms with E-state index in [4.69, 9.17) is 17.3 Å². The van der Waals surface area contributed by atoms with Crippen LogP contribution < -0.4 is 14.9 Å². The maximum absolute atomic E-state index is 5.76. The van der Waals surface area contributed by atoms with Crippen LogP contribution in [0.5, 0.6) is 11.5 Å². The first-order valence-electron chi connectivity index (χ1n) is 6.58. The van der Waals surface area contributed by atoms with E-state index in [1.54, 1.807) is 7.11 Å². The summed E-state index contributed by atoms with van der Waals surface area (Å²) in [5.74, 6) is 1.49. The second kappa shape index (κ2) is 6.69. The molecule has 1 aromatic carbocycles. The number of likely N-dealkylation sites (tertiary alicyclic amines) is 1. The van der Waals surface area contributed by atoms with Crippen molar-refractivity contribution in [3.8, 4) is 11.5 Å². The van der Waals surface area contributed by atoms with Crippen molar-refractivity contribution in [3.05, 3.63) is 18.2 Å². The lowest BCUT2D eigenvalue weighted by Gasteiger charge is -2.26. The molecule has 0 aromatic heterocycles. The number of ether oxygens (including phenoxy) is 2. The molecule has 1 aliphatic heterocycles. The molecule has 0 spiro atoms. The summed E-state index contributed by atoms with van der Waals surface area (Å²) in [5.41, 5.74) is 0.640. The van der Waals surface area contributed by atoms with Gasteiger partial charge in [0.1, 0.15) is 26.0 Å². The van der Waals surface area contributed by atoms with Gasteiger partial charge in [-0.05, 0) is 32.0 Å². The van der Waals surface area contributed by atoms with Gasteiger partial charge in [0.05, 0.1) is 7.11 Å². The van der Waals surface area contributed by atoms with Crippen LogP contribution >= 0.6 is 0 Å². The van der Waals surface area contributed by atoms with Crippen molar-refractivity contribution in [2.45, 2.75) is 19.3 Å². The quantitative estimate of drug-likeness (QED) is 0.731. The lowest BCUT2D eigenvalue weighted by Crippen LogP contribution is -2.33. The van der Waals surface area contributed by atoms with Gasteiger partial charge in [0.15, 0.2) is 0 Å². The standard InChI is InChI=1S/C14H20BNO2/c1-17-14-11-12(5-6-13(14)15)18-10-9-16-7-3-2-4-8-16/h5-6,11H,2-4,7-10H2,1H3. The summed E-state index contributed by atoms with van der Waals surface area (Å²) >= 11 is 0. The SMILES string of the molecule is [B]c1ccc(OCCN2CCCCC2)cc1OC. The minimum atomic E-state index is 0.640. The molecule has 0 saturated carbocycles. The summed E-state index contributed by atoms with van der Waals surface area (Å²) in [6.45, 7) is 4.11. The molecule has 1 heterocycles. The fourth-order valence-electron chi connectivity index (χ4n) is 2.26. The van der Waals surface area contributed by atoms with E-state index in [-0.39, 0.29) is 0 Å².